The molecule has 2 heterocycles. The van der Waals surface area contributed by atoms with Crippen molar-refractivity contribution in [2.24, 2.45) is 5.41 Å². The number of nitrogens with zero attached hydrogens (tertiary/aromatic N) is 1. The lowest BCUT2D eigenvalue weighted by molar-refractivity contribution is -0.304. The maximum absolute atomic E-state index is 6.13. The number of nitrogen functional groups attached to an aromatic ring is 1. The number of hydrogen-bond donors (Lipinski definition) is 1. The second-order valence-electron chi connectivity index (χ2n) is 6.88. The van der Waals surface area contributed by atoms with Gasteiger partial charge in [0, 0.05) is 24.0 Å². The van der Waals surface area contributed by atoms with Crippen LogP contribution in [0.25, 0.3) is 0 Å². The van der Waals surface area contributed by atoms with E-state index in [1.807, 2.05) is 19.9 Å². The van der Waals surface area contributed by atoms with Crippen LogP contribution in [0.15, 0.2) is 12.3 Å². The van der Waals surface area contributed by atoms with E-state index in [1.54, 1.807) is 6.20 Å². The second kappa shape index (κ2) is 6.97. The van der Waals surface area contributed by atoms with Crippen molar-refractivity contribution in [3.05, 3.63) is 23.5 Å². The van der Waals surface area contributed by atoms with E-state index in [4.69, 9.17) is 15.2 Å². The first kappa shape index (κ1) is 17.2. The van der Waals surface area contributed by atoms with Crippen molar-refractivity contribution in [2.75, 3.05) is 18.9 Å². The first-order valence-corrected chi connectivity index (χ1v) is 8.49. The van der Waals surface area contributed by atoms with Crippen molar-refractivity contribution >= 4 is 5.69 Å². The van der Waals surface area contributed by atoms with E-state index in [-0.39, 0.29) is 5.41 Å². The highest BCUT2D eigenvalue weighted by molar-refractivity contribution is 5.40. The first-order valence-electron chi connectivity index (χ1n) is 8.49. The number of nitrogens with two attached hydrogens (primary N) is 1. The van der Waals surface area contributed by atoms with Crippen LogP contribution in [-0.4, -0.2) is 24.0 Å². The minimum absolute atomic E-state index is 0.123. The van der Waals surface area contributed by atoms with Crippen LogP contribution in [0.4, 0.5) is 5.69 Å². The molecule has 2 N–H and O–H groups in total. The smallest absolute Gasteiger partial charge is 0.168 e. The Morgan fingerprint density at radius 3 is 2.45 bits per heavy atom. The summed E-state index contributed by atoms with van der Waals surface area (Å²) < 4.78 is 12.3. The van der Waals surface area contributed by atoms with Crippen LogP contribution < -0.4 is 5.73 Å². The van der Waals surface area contributed by atoms with Crippen LogP contribution in [0.1, 0.15) is 58.2 Å². The van der Waals surface area contributed by atoms with Gasteiger partial charge in [-0.05, 0) is 30.9 Å². The molecule has 4 heteroatoms. The highest BCUT2D eigenvalue weighted by Gasteiger charge is 2.40. The van der Waals surface area contributed by atoms with Crippen LogP contribution in [0, 0.1) is 5.41 Å². The largest absolute Gasteiger partial charge is 0.397 e. The molecule has 124 valence electrons. The standard InChI is InChI=1S/C16H24N2O2.C2H6/c1-15(2)10-19-16(20-11-15)6-3-4-14-12(5-7-16)8-13(17)9-18-14;1-2/h8-9H,3-7,10-11,17H2,1-2H3;1-2H3. The summed E-state index contributed by atoms with van der Waals surface area (Å²) in [6.07, 6.45) is 6.55. The Kier molecular flexibility index (Phi) is 5.45. The molecule has 1 fully saturated rings. The number of pyridine rings is 1. The Bertz CT molecular complexity index is 490. The van der Waals surface area contributed by atoms with Gasteiger partial charge in [0.2, 0.25) is 0 Å². The van der Waals surface area contributed by atoms with Crippen LogP contribution in [0.5, 0.6) is 0 Å². The zero-order chi connectivity index (χ0) is 16.2. The van der Waals surface area contributed by atoms with Crippen molar-refractivity contribution in [1.29, 1.82) is 0 Å². The Labute approximate surface area is 134 Å². The molecule has 0 unspecified atom stereocenters. The average Bonchev–Trinajstić information content (AvgIpc) is 2.50. The summed E-state index contributed by atoms with van der Waals surface area (Å²) in [7, 11) is 0. The second-order valence-corrected chi connectivity index (χ2v) is 6.88. The lowest BCUT2D eigenvalue weighted by Gasteiger charge is -2.44. The normalized spacial score (nSPS) is 22.7. The molecule has 0 saturated carbocycles. The van der Waals surface area contributed by atoms with Gasteiger partial charge >= 0.3 is 0 Å². The fourth-order valence-corrected chi connectivity index (χ4v) is 3.00. The summed E-state index contributed by atoms with van der Waals surface area (Å²) in [6, 6.07) is 2.05. The number of anilines is 1. The van der Waals surface area contributed by atoms with Gasteiger partial charge in [0.15, 0.2) is 5.79 Å². The summed E-state index contributed by atoms with van der Waals surface area (Å²) in [6.45, 7) is 9.91. The molecule has 0 bridgehead atoms. The molecule has 2 aliphatic rings. The molecule has 0 atom stereocenters. The molecule has 3 rings (SSSR count). The van der Waals surface area contributed by atoms with Gasteiger partial charge in [-0.3, -0.25) is 4.98 Å². The maximum atomic E-state index is 6.13. The molecule has 22 heavy (non-hydrogen) atoms. The lowest BCUT2D eigenvalue weighted by atomic mass is 9.89. The minimum Gasteiger partial charge on any atom is -0.397 e. The third kappa shape index (κ3) is 3.99. The van der Waals surface area contributed by atoms with E-state index in [1.165, 1.54) is 11.3 Å². The average molecular weight is 306 g/mol. The summed E-state index contributed by atoms with van der Waals surface area (Å²) in [5.74, 6) is -0.391. The molecule has 1 aliphatic heterocycles. The van der Waals surface area contributed by atoms with Crippen LogP contribution in [-0.2, 0) is 22.3 Å². The number of fused-ring (bicyclic) bond motifs is 1. The van der Waals surface area contributed by atoms with Gasteiger partial charge < -0.3 is 15.2 Å². The van der Waals surface area contributed by atoms with E-state index in [0.29, 0.717) is 0 Å². The molecule has 4 nitrogen and oxygen atoms in total. The monoisotopic (exact) mass is 306 g/mol. The van der Waals surface area contributed by atoms with Gasteiger partial charge in [0.05, 0.1) is 25.1 Å². The lowest BCUT2D eigenvalue weighted by Crippen LogP contribution is -2.48. The Balaban J connectivity index is 0.000000847. The fourth-order valence-electron chi connectivity index (χ4n) is 3.00. The molecule has 1 spiro atoms. The number of ether oxygens (including phenoxy) is 2. The van der Waals surface area contributed by atoms with Gasteiger partial charge in [-0.15, -0.1) is 0 Å². The van der Waals surface area contributed by atoms with Crippen molar-refractivity contribution in [2.45, 2.75) is 65.6 Å². The minimum atomic E-state index is -0.391. The third-order valence-electron chi connectivity index (χ3n) is 4.28. The predicted molar refractivity (Wildman–Crippen MR) is 89.7 cm³/mol. The topological polar surface area (TPSA) is 57.4 Å². The number of aryl methyl sites for hydroxylation is 2. The van der Waals surface area contributed by atoms with E-state index in [0.717, 1.165) is 51.0 Å². The van der Waals surface area contributed by atoms with Gasteiger partial charge in [-0.2, -0.15) is 0 Å². The highest BCUT2D eigenvalue weighted by atomic mass is 16.7. The van der Waals surface area contributed by atoms with Crippen molar-refractivity contribution in [3.63, 3.8) is 0 Å². The van der Waals surface area contributed by atoms with E-state index >= 15 is 0 Å². The molecule has 0 radical (unpaired) electrons. The zero-order valence-corrected chi connectivity index (χ0v) is 14.4. The Morgan fingerprint density at radius 1 is 1.09 bits per heavy atom. The van der Waals surface area contributed by atoms with Crippen LogP contribution in [0.3, 0.4) is 0 Å². The zero-order valence-electron chi connectivity index (χ0n) is 14.4. The van der Waals surface area contributed by atoms with Crippen molar-refractivity contribution in [1.82, 2.24) is 4.98 Å². The molecular weight excluding hydrogens is 276 g/mol. The van der Waals surface area contributed by atoms with Crippen molar-refractivity contribution < 1.29 is 9.47 Å². The summed E-state index contributed by atoms with van der Waals surface area (Å²) >= 11 is 0. The third-order valence-corrected chi connectivity index (χ3v) is 4.28. The van der Waals surface area contributed by atoms with Crippen LogP contribution in [0.2, 0.25) is 0 Å². The van der Waals surface area contributed by atoms with Crippen LogP contribution >= 0.6 is 0 Å². The number of hydrogen-bond acceptors (Lipinski definition) is 4. The molecule has 1 aromatic heterocycles. The van der Waals surface area contributed by atoms with Gasteiger partial charge in [0.1, 0.15) is 0 Å². The van der Waals surface area contributed by atoms with E-state index in [9.17, 15) is 0 Å². The number of rotatable bonds is 0. The van der Waals surface area contributed by atoms with Gasteiger partial charge in [0.25, 0.3) is 0 Å². The fraction of sp³-hybridized carbons (Fsp3) is 0.722. The van der Waals surface area contributed by atoms with Gasteiger partial charge in [-0.1, -0.05) is 27.7 Å². The number of aromatic nitrogens is 1. The molecule has 1 aliphatic carbocycles. The molecule has 1 saturated heterocycles. The molecule has 0 amide bonds. The summed E-state index contributed by atoms with van der Waals surface area (Å²) in [5.41, 5.74) is 9.15. The maximum Gasteiger partial charge on any atom is 0.168 e. The SMILES string of the molecule is CC.CC1(C)COC2(CCCc3ncc(N)cc3CC2)OC1. The summed E-state index contributed by atoms with van der Waals surface area (Å²) in [4.78, 5) is 4.47. The van der Waals surface area contributed by atoms with Crippen molar-refractivity contribution in [3.8, 4) is 0 Å². The van der Waals surface area contributed by atoms with E-state index < -0.39 is 5.79 Å². The first-order chi connectivity index (χ1) is 10.5. The quantitative estimate of drug-likeness (QED) is 0.793. The molecular formula is C18H30N2O2. The summed E-state index contributed by atoms with van der Waals surface area (Å²) in [5, 5.41) is 0. The Hall–Kier alpha value is -1.13. The highest BCUT2D eigenvalue weighted by Crippen LogP contribution is 2.37. The molecule has 0 aromatic carbocycles. The Morgan fingerprint density at radius 2 is 1.77 bits per heavy atom. The van der Waals surface area contributed by atoms with E-state index in [2.05, 4.69) is 18.8 Å². The van der Waals surface area contributed by atoms with Gasteiger partial charge in [-0.25, -0.2) is 0 Å². The molecule has 1 aromatic rings. The predicted octanol–water partition coefficient (Wildman–Crippen LogP) is 3.73.